The van der Waals surface area contributed by atoms with Gasteiger partial charge in [-0.1, -0.05) is 23.7 Å². The van der Waals surface area contributed by atoms with E-state index in [4.69, 9.17) is 21.1 Å². The lowest BCUT2D eigenvalue weighted by Gasteiger charge is -2.19. The number of hydrogen-bond donors (Lipinski definition) is 0. The van der Waals surface area contributed by atoms with E-state index in [0.717, 1.165) is 10.4 Å². The van der Waals surface area contributed by atoms with Gasteiger partial charge < -0.3 is 9.47 Å². The topological polar surface area (TPSA) is 53.4 Å². The van der Waals surface area contributed by atoms with Crippen molar-refractivity contribution in [2.45, 2.75) is 0 Å². The fraction of sp³-hybridized carbons (Fsp3) is 0.100. The van der Waals surface area contributed by atoms with Gasteiger partial charge in [0, 0.05) is 16.0 Å². The Bertz CT molecular complexity index is 1210. The second kappa shape index (κ2) is 6.40. The van der Waals surface area contributed by atoms with Gasteiger partial charge >= 0.3 is 0 Å². The Hall–Kier alpha value is -2.83. The van der Waals surface area contributed by atoms with Gasteiger partial charge in [-0.05, 0) is 35.9 Å². The molecule has 0 N–H and O–H groups in total. The van der Waals surface area contributed by atoms with E-state index in [1.807, 2.05) is 42.5 Å². The first-order valence-electron chi connectivity index (χ1n) is 8.36. The highest BCUT2D eigenvalue weighted by Crippen LogP contribution is 2.33. The number of thiophene rings is 1. The minimum atomic E-state index is -0.109. The fourth-order valence-electron chi connectivity index (χ4n) is 3.03. The Morgan fingerprint density at radius 1 is 1.00 bits per heavy atom. The zero-order chi connectivity index (χ0) is 18.4. The zero-order valence-corrected chi connectivity index (χ0v) is 15.6. The third kappa shape index (κ3) is 2.87. The standard InChI is InChI=1S/C20H13ClN2O3S/c21-13-3-1-12(2-4-13)18-10-15-19(27-18)20(24)23(11-22-15)14-5-6-16-17(9-14)26-8-7-25-16/h1-6,9-11H,7-8H2. The Morgan fingerprint density at radius 2 is 1.78 bits per heavy atom. The molecule has 0 fully saturated rings. The van der Waals surface area contributed by atoms with Gasteiger partial charge in [-0.25, -0.2) is 4.98 Å². The van der Waals surface area contributed by atoms with Gasteiger partial charge in [0.15, 0.2) is 11.5 Å². The van der Waals surface area contributed by atoms with Crippen LogP contribution in [0.1, 0.15) is 0 Å². The average Bonchev–Trinajstić information content (AvgIpc) is 3.14. The molecule has 27 heavy (non-hydrogen) atoms. The Labute approximate surface area is 163 Å². The Morgan fingerprint density at radius 3 is 2.59 bits per heavy atom. The maximum atomic E-state index is 13.0. The summed E-state index contributed by atoms with van der Waals surface area (Å²) in [5.41, 5.74) is 2.28. The number of benzene rings is 2. The van der Waals surface area contributed by atoms with Gasteiger partial charge in [0.25, 0.3) is 5.56 Å². The van der Waals surface area contributed by atoms with Gasteiger partial charge in [-0.3, -0.25) is 9.36 Å². The van der Waals surface area contributed by atoms with Crippen LogP contribution in [0, 0.1) is 0 Å². The molecule has 4 aromatic rings. The fourth-order valence-corrected chi connectivity index (χ4v) is 4.21. The number of ether oxygens (including phenoxy) is 2. The van der Waals surface area contributed by atoms with Crippen LogP contribution < -0.4 is 15.0 Å². The molecule has 0 radical (unpaired) electrons. The van der Waals surface area contributed by atoms with Gasteiger partial charge in [-0.2, -0.15) is 0 Å². The highest BCUT2D eigenvalue weighted by atomic mass is 35.5. The van der Waals surface area contributed by atoms with Crippen LogP contribution in [0.2, 0.25) is 5.02 Å². The summed E-state index contributed by atoms with van der Waals surface area (Å²) in [5, 5.41) is 0.680. The highest BCUT2D eigenvalue weighted by Gasteiger charge is 2.15. The second-order valence-corrected chi connectivity index (χ2v) is 7.57. The summed E-state index contributed by atoms with van der Waals surface area (Å²) in [6.45, 7) is 1.03. The highest BCUT2D eigenvalue weighted by molar-refractivity contribution is 7.22. The summed E-state index contributed by atoms with van der Waals surface area (Å²) in [5.74, 6) is 1.33. The second-order valence-electron chi connectivity index (χ2n) is 6.08. The van der Waals surface area contributed by atoms with Crippen molar-refractivity contribution in [2.24, 2.45) is 0 Å². The van der Waals surface area contributed by atoms with Crippen molar-refractivity contribution >= 4 is 33.2 Å². The third-order valence-electron chi connectivity index (χ3n) is 4.37. The molecule has 0 saturated heterocycles. The maximum absolute atomic E-state index is 13.0. The summed E-state index contributed by atoms with van der Waals surface area (Å²) >= 11 is 7.39. The zero-order valence-electron chi connectivity index (χ0n) is 14.0. The predicted octanol–water partition coefficient (Wildman–Crippen LogP) is 4.54. The summed E-state index contributed by atoms with van der Waals surface area (Å²) < 4.78 is 13.3. The molecule has 0 amide bonds. The average molecular weight is 397 g/mol. The molecule has 0 spiro atoms. The van der Waals surface area contributed by atoms with E-state index >= 15 is 0 Å². The van der Waals surface area contributed by atoms with Gasteiger partial charge in [0.1, 0.15) is 24.2 Å². The molecule has 134 valence electrons. The molecule has 0 saturated carbocycles. The minimum absolute atomic E-state index is 0.109. The first kappa shape index (κ1) is 16.4. The summed E-state index contributed by atoms with van der Waals surface area (Å²) in [6.07, 6.45) is 1.55. The number of hydrogen-bond acceptors (Lipinski definition) is 5. The first-order valence-corrected chi connectivity index (χ1v) is 9.56. The van der Waals surface area contributed by atoms with Crippen LogP contribution >= 0.6 is 22.9 Å². The quantitative estimate of drug-likeness (QED) is 0.499. The first-order chi connectivity index (χ1) is 13.2. The van der Waals surface area contributed by atoms with E-state index in [9.17, 15) is 4.79 Å². The van der Waals surface area contributed by atoms with Crippen molar-refractivity contribution in [1.29, 1.82) is 0 Å². The predicted molar refractivity (Wildman–Crippen MR) is 107 cm³/mol. The smallest absolute Gasteiger partial charge is 0.275 e. The number of nitrogens with zero attached hydrogens (tertiary/aromatic N) is 2. The number of rotatable bonds is 2. The van der Waals surface area contributed by atoms with Crippen molar-refractivity contribution in [3.8, 4) is 27.6 Å². The normalized spacial score (nSPS) is 13.1. The van der Waals surface area contributed by atoms with E-state index in [0.29, 0.717) is 45.6 Å². The molecule has 3 heterocycles. The Balaban J connectivity index is 1.61. The largest absolute Gasteiger partial charge is 0.486 e. The lowest BCUT2D eigenvalue weighted by molar-refractivity contribution is 0.171. The maximum Gasteiger partial charge on any atom is 0.275 e. The van der Waals surface area contributed by atoms with E-state index in [1.54, 1.807) is 12.4 Å². The SMILES string of the molecule is O=c1c2sc(-c3ccc(Cl)cc3)cc2ncn1-c1ccc2c(c1)OCCO2. The van der Waals surface area contributed by atoms with Gasteiger partial charge in [0.2, 0.25) is 0 Å². The van der Waals surface area contributed by atoms with Crippen LogP contribution in [0.4, 0.5) is 0 Å². The molecule has 0 bridgehead atoms. The van der Waals surface area contributed by atoms with Crippen LogP contribution in [-0.2, 0) is 0 Å². The van der Waals surface area contributed by atoms with Crippen molar-refractivity contribution in [2.75, 3.05) is 13.2 Å². The molecule has 1 aliphatic heterocycles. The number of aromatic nitrogens is 2. The van der Waals surface area contributed by atoms with E-state index in [2.05, 4.69) is 4.98 Å². The van der Waals surface area contributed by atoms with Crippen LogP contribution in [0.25, 0.3) is 26.3 Å². The van der Waals surface area contributed by atoms with Crippen molar-refractivity contribution in [1.82, 2.24) is 9.55 Å². The number of fused-ring (bicyclic) bond motifs is 2. The van der Waals surface area contributed by atoms with Crippen LogP contribution in [0.5, 0.6) is 11.5 Å². The molecule has 0 aliphatic carbocycles. The van der Waals surface area contributed by atoms with Gasteiger partial charge in [0.05, 0.1) is 11.2 Å². The monoisotopic (exact) mass is 396 g/mol. The molecule has 7 heteroatoms. The third-order valence-corrected chi connectivity index (χ3v) is 5.78. The van der Waals surface area contributed by atoms with Crippen LogP contribution in [-0.4, -0.2) is 22.8 Å². The molecule has 2 aromatic heterocycles. The number of halogens is 1. The van der Waals surface area contributed by atoms with Crippen LogP contribution in [0.3, 0.4) is 0 Å². The summed E-state index contributed by atoms with van der Waals surface area (Å²) in [7, 11) is 0. The van der Waals surface area contributed by atoms with Crippen molar-refractivity contribution in [3.63, 3.8) is 0 Å². The van der Waals surface area contributed by atoms with Crippen molar-refractivity contribution in [3.05, 3.63) is 70.2 Å². The van der Waals surface area contributed by atoms with E-state index < -0.39 is 0 Å². The summed E-state index contributed by atoms with van der Waals surface area (Å²) in [4.78, 5) is 18.5. The Kier molecular flexibility index (Phi) is 3.88. The molecule has 0 atom stereocenters. The molecule has 2 aromatic carbocycles. The molecule has 1 aliphatic rings. The van der Waals surface area contributed by atoms with Gasteiger partial charge in [-0.15, -0.1) is 11.3 Å². The molecular weight excluding hydrogens is 384 g/mol. The minimum Gasteiger partial charge on any atom is -0.486 e. The van der Waals surface area contributed by atoms with E-state index in [-0.39, 0.29) is 5.56 Å². The van der Waals surface area contributed by atoms with Crippen molar-refractivity contribution < 1.29 is 9.47 Å². The lowest BCUT2D eigenvalue weighted by Crippen LogP contribution is -2.19. The molecule has 0 unspecified atom stereocenters. The molecule has 5 nitrogen and oxygen atoms in total. The molecular formula is C20H13ClN2O3S. The summed E-state index contributed by atoms with van der Waals surface area (Å²) in [6, 6.07) is 14.9. The van der Waals surface area contributed by atoms with E-state index in [1.165, 1.54) is 15.9 Å². The van der Waals surface area contributed by atoms with Crippen LogP contribution in [0.15, 0.2) is 59.7 Å². The lowest BCUT2D eigenvalue weighted by atomic mass is 10.2. The molecule has 5 rings (SSSR count).